The molecule has 26 heavy (non-hydrogen) atoms. The van der Waals surface area contributed by atoms with E-state index in [1.807, 2.05) is 20.9 Å². The second kappa shape index (κ2) is 8.37. The summed E-state index contributed by atoms with van der Waals surface area (Å²) in [4.78, 5) is 24.1. The maximum absolute atomic E-state index is 12.1. The summed E-state index contributed by atoms with van der Waals surface area (Å²) in [6, 6.07) is 5.02. The van der Waals surface area contributed by atoms with Crippen LogP contribution in [0.1, 0.15) is 17.0 Å². The lowest BCUT2D eigenvalue weighted by atomic mass is 10.1. The van der Waals surface area contributed by atoms with Crippen molar-refractivity contribution in [3.63, 3.8) is 0 Å². The van der Waals surface area contributed by atoms with E-state index >= 15 is 0 Å². The molecule has 0 atom stereocenters. The Morgan fingerprint density at radius 3 is 2.50 bits per heavy atom. The molecule has 140 valence electrons. The van der Waals surface area contributed by atoms with Crippen molar-refractivity contribution in [2.45, 2.75) is 20.3 Å². The summed E-state index contributed by atoms with van der Waals surface area (Å²) < 4.78 is 17.1. The van der Waals surface area contributed by atoms with Crippen molar-refractivity contribution in [1.29, 1.82) is 0 Å². The minimum absolute atomic E-state index is 0.0707. The maximum atomic E-state index is 12.1. The van der Waals surface area contributed by atoms with Crippen molar-refractivity contribution in [3.8, 4) is 11.5 Å². The summed E-state index contributed by atoms with van der Waals surface area (Å²) in [5.41, 5.74) is 2.91. The van der Waals surface area contributed by atoms with Gasteiger partial charge in [0, 0.05) is 24.4 Å². The Hall–Kier alpha value is -3.03. The fraction of sp³-hybridized carbons (Fsp3) is 0.389. The van der Waals surface area contributed by atoms with Gasteiger partial charge in [-0.25, -0.2) is 0 Å². The molecule has 1 N–H and O–H groups in total. The number of hydrogen-bond acceptors (Lipinski definition) is 6. The van der Waals surface area contributed by atoms with Gasteiger partial charge in [-0.3, -0.25) is 14.3 Å². The monoisotopic (exact) mass is 361 g/mol. The molecule has 0 aliphatic rings. The lowest BCUT2D eigenvalue weighted by Crippen LogP contribution is -2.22. The van der Waals surface area contributed by atoms with E-state index in [9.17, 15) is 9.59 Å². The largest absolute Gasteiger partial charge is 0.497 e. The number of methoxy groups -OCH3 is 2. The second-order valence-corrected chi connectivity index (χ2v) is 5.72. The number of aryl methyl sites for hydroxylation is 2. The van der Waals surface area contributed by atoms with Gasteiger partial charge in [0.15, 0.2) is 6.61 Å². The van der Waals surface area contributed by atoms with Crippen LogP contribution in [0, 0.1) is 13.8 Å². The topological polar surface area (TPSA) is 91.7 Å². The van der Waals surface area contributed by atoms with Crippen molar-refractivity contribution in [2.24, 2.45) is 7.05 Å². The van der Waals surface area contributed by atoms with Crippen LogP contribution in [0.15, 0.2) is 18.2 Å². The molecule has 1 aromatic carbocycles. The number of ether oxygens (including phenoxy) is 3. The molecule has 1 amide bonds. The molecule has 0 unspecified atom stereocenters. The van der Waals surface area contributed by atoms with Crippen molar-refractivity contribution in [3.05, 3.63) is 35.2 Å². The van der Waals surface area contributed by atoms with Gasteiger partial charge in [-0.2, -0.15) is 5.10 Å². The Morgan fingerprint density at radius 2 is 1.92 bits per heavy atom. The van der Waals surface area contributed by atoms with Gasteiger partial charge in [0.2, 0.25) is 0 Å². The molecular formula is C18H23N3O5. The molecule has 1 aromatic heterocycles. The van der Waals surface area contributed by atoms with Crippen LogP contribution in [0.4, 0.5) is 5.69 Å². The van der Waals surface area contributed by atoms with Crippen LogP contribution < -0.4 is 14.8 Å². The summed E-state index contributed by atoms with van der Waals surface area (Å²) in [6.45, 7) is 3.32. The molecule has 8 heteroatoms. The van der Waals surface area contributed by atoms with Crippen molar-refractivity contribution in [1.82, 2.24) is 9.78 Å². The Kier molecular flexibility index (Phi) is 6.21. The summed E-state index contributed by atoms with van der Waals surface area (Å²) in [7, 11) is 4.83. The number of nitrogens with one attached hydrogen (secondary N) is 1. The molecule has 0 aliphatic heterocycles. The number of benzene rings is 1. The lowest BCUT2D eigenvalue weighted by Gasteiger charge is -2.12. The highest BCUT2D eigenvalue weighted by molar-refractivity contribution is 5.94. The maximum Gasteiger partial charge on any atom is 0.310 e. The molecule has 0 fully saturated rings. The third-order valence-electron chi connectivity index (χ3n) is 4.02. The first-order valence-electron chi connectivity index (χ1n) is 8.02. The van der Waals surface area contributed by atoms with Gasteiger partial charge in [-0.05, 0) is 26.0 Å². The van der Waals surface area contributed by atoms with Gasteiger partial charge in [-0.1, -0.05) is 0 Å². The SMILES string of the molecule is COc1ccc(OC)c(NC(=O)COC(=O)Cc2c(C)nn(C)c2C)c1. The first-order valence-corrected chi connectivity index (χ1v) is 8.02. The van der Waals surface area contributed by atoms with E-state index in [4.69, 9.17) is 14.2 Å². The standard InChI is InChI=1S/C18H23N3O5/c1-11-14(12(2)21(3)20-11)9-18(23)26-10-17(22)19-15-8-13(24-4)6-7-16(15)25-5/h6-8H,9-10H2,1-5H3,(H,19,22). The normalized spacial score (nSPS) is 10.3. The predicted octanol–water partition coefficient (Wildman–Crippen LogP) is 1.78. The molecule has 0 bridgehead atoms. The van der Waals surface area contributed by atoms with Crippen LogP contribution in [0.5, 0.6) is 11.5 Å². The predicted molar refractivity (Wildman–Crippen MR) is 95.5 cm³/mol. The number of carbonyl (C=O) groups is 2. The molecule has 0 spiro atoms. The van der Waals surface area contributed by atoms with Crippen molar-refractivity contribution in [2.75, 3.05) is 26.1 Å². The average Bonchev–Trinajstić information content (AvgIpc) is 2.86. The third kappa shape index (κ3) is 4.53. The van der Waals surface area contributed by atoms with E-state index in [-0.39, 0.29) is 6.42 Å². The summed E-state index contributed by atoms with van der Waals surface area (Å²) in [5, 5.41) is 6.90. The minimum atomic E-state index is -0.489. The van der Waals surface area contributed by atoms with E-state index in [1.165, 1.54) is 14.2 Å². The van der Waals surface area contributed by atoms with E-state index < -0.39 is 18.5 Å². The zero-order chi connectivity index (χ0) is 19.3. The van der Waals surface area contributed by atoms with Crippen LogP contribution in [-0.2, 0) is 27.8 Å². The number of hydrogen-bond donors (Lipinski definition) is 1. The lowest BCUT2D eigenvalue weighted by molar-refractivity contribution is -0.146. The van der Waals surface area contributed by atoms with E-state index in [0.29, 0.717) is 17.2 Å². The van der Waals surface area contributed by atoms with Crippen molar-refractivity contribution < 1.29 is 23.8 Å². The highest BCUT2D eigenvalue weighted by Crippen LogP contribution is 2.28. The third-order valence-corrected chi connectivity index (χ3v) is 4.02. The highest BCUT2D eigenvalue weighted by atomic mass is 16.5. The number of carbonyl (C=O) groups excluding carboxylic acids is 2. The summed E-state index contributed by atoms with van der Waals surface area (Å²) in [6.07, 6.45) is 0.0707. The van der Waals surface area contributed by atoms with E-state index in [0.717, 1.165) is 17.0 Å². The van der Waals surface area contributed by atoms with Crippen LogP contribution in [0.25, 0.3) is 0 Å². The molecule has 2 aromatic rings. The Morgan fingerprint density at radius 1 is 1.19 bits per heavy atom. The van der Waals surface area contributed by atoms with E-state index in [2.05, 4.69) is 10.4 Å². The molecule has 0 radical (unpaired) electrons. The van der Waals surface area contributed by atoms with Crippen molar-refractivity contribution >= 4 is 17.6 Å². The first kappa shape index (κ1) is 19.3. The van der Waals surface area contributed by atoms with Gasteiger partial charge in [-0.15, -0.1) is 0 Å². The molecular weight excluding hydrogens is 338 g/mol. The van der Waals surface area contributed by atoms with Gasteiger partial charge < -0.3 is 19.5 Å². The second-order valence-electron chi connectivity index (χ2n) is 5.72. The molecule has 0 saturated carbocycles. The first-order chi connectivity index (χ1) is 12.3. The number of aromatic nitrogens is 2. The zero-order valence-electron chi connectivity index (χ0n) is 15.6. The number of rotatable bonds is 7. The molecule has 1 heterocycles. The van der Waals surface area contributed by atoms with Crippen LogP contribution >= 0.6 is 0 Å². The number of anilines is 1. The molecule has 0 saturated heterocycles. The molecule has 0 aliphatic carbocycles. The van der Waals surface area contributed by atoms with Gasteiger partial charge in [0.25, 0.3) is 5.91 Å². The fourth-order valence-corrected chi connectivity index (χ4v) is 2.51. The Labute approximate surface area is 152 Å². The zero-order valence-corrected chi connectivity index (χ0v) is 15.6. The van der Waals surface area contributed by atoms with E-state index in [1.54, 1.807) is 22.9 Å². The van der Waals surface area contributed by atoms with Crippen LogP contribution in [0.3, 0.4) is 0 Å². The molecule has 2 rings (SSSR count). The van der Waals surface area contributed by atoms with Gasteiger partial charge in [0.1, 0.15) is 11.5 Å². The minimum Gasteiger partial charge on any atom is -0.497 e. The Balaban J connectivity index is 1.93. The fourth-order valence-electron chi connectivity index (χ4n) is 2.51. The number of nitrogens with zero attached hydrogens (tertiary/aromatic N) is 2. The van der Waals surface area contributed by atoms with Crippen LogP contribution in [0.2, 0.25) is 0 Å². The summed E-state index contributed by atoms with van der Waals surface area (Å²) in [5.74, 6) is 0.0919. The summed E-state index contributed by atoms with van der Waals surface area (Å²) >= 11 is 0. The van der Waals surface area contributed by atoms with Gasteiger partial charge in [0.05, 0.1) is 32.0 Å². The Bertz CT molecular complexity index is 813. The number of amides is 1. The number of esters is 1. The molecule has 8 nitrogen and oxygen atoms in total. The quantitative estimate of drug-likeness (QED) is 0.756. The van der Waals surface area contributed by atoms with Gasteiger partial charge >= 0.3 is 5.97 Å². The highest BCUT2D eigenvalue weighted by Gasteiger charge is 2.16. The average molecular weight is 361 g/mol. The smallest absolute Gasteiger partial charge is 0.310 e. The van der Waals surface area contributed by atoms with Crippen LogP contribution in [-0.4, -0.2) is 42.5 Å².